The third kappa shape index (κ3) is 2.57. The number of hydrogen-bond acceptors (Lipinski definition) is 4. The Kier molecular flexibility index (Phi) is 3.39. The van der Waals surface area contributed by atoms with Gasteiger partial charge in [0.25, 0.3) is 0 Å². The summed E-state index contributed by atoms with van der Waals surface area (Å²) in [5, 5.41) is 9.29. The smallest absolute Gasteiger partial charge is 0.181 e. The first-order valence-corrected chi connectivity index (χ1v) is 7.00. The van der Waals surface area contributed by atoms with E-state index in [1.165, 1.54) is 5.56 Å². The molecule has 0 amide bonds. The molecule has 3 rings (SSSR count). The predicted molar refractivity (Wildman–Crippen MR) is 77.9 cm³/mol. The Labute approximate surface area is 115 Å². The van der Waals surface area contributed by atoms with Crippen LogP contribution in [0, 0.1) is 0 Å². The van der Waals surface area contributed by atoms with Crippen LogP contribution in [0.3, 0.4) is 0 Å². The van der Waals surface area contributed by atoms with Gasteiger partial charge in [-0.05, 0) is 36.0 Å². The van der Waals surface area contributed by atoms with Crippen LogP contribution >= 0.6 is 11.3 Å². The summed E-state index contributed by atoms with van der Waals surface area (Å²) < 4.78 is 0. The van der Waals surface area contributed by atoms with E-state index in [9.17, 15) is 0 Å². The lowest BCUT2D eigenvalue weighted by molar-refractivity contribution is 0.968. The van der Waals surface area contributed by atoms with Crippen molar-refractivity contribution in [1.82, 2.24) is 15.2 Å². The Hall–Kier alpha value is -1.98. The van der Waals surface area contributed by atoms with Gasteiger partial charge >= 0.3 is 0 Å². The van der Waals surface area contributed by atoms with Gasteiger partial charge in [-0.15, -0.1) is 11.3 Å². The van der Waals surface area contributed by atoms with Crippen molar-refractivity contribution < 1.29 is 0 Å². The number of H-pyrrole nitrogens is 1. The van der Waals surface area contributed by atoms with Gasteiger partial charge in [-0.3, -0.25) is 5.10 Å². The topological polar surface area (TPSA) is 67.6 Å². The quantitative estimate of drug-likeness (QED) is 0.766. The lowest BCUT2D eigenvalue weighted by Gasteiger charge is -2.00. The summed E-state index contributed by atoms with van der Waals surface area (Å²) in [4.78, 5) is 5.63. The molecule has 96 valence electrons. The molecule has 19 heavy (non-hydrogen) atoms. The number of nitrogens with zero attached hydrogens (tertiary/aromatic N) is 2. The summed E-state index contributed by atoms with van der Waals surface area (Å²) in [5.74, 6) is 1.54. The third-order valence-electron chi connectivity index (χ3n) is 2.86. The minimum absolute atomic E-state index is 0.651. The zero-order valence-corrected chi connectivity index (χ0v) is 11.2. The Balaban J connectivity index is 1.92. The summed E-state index contributed by atoms with van der Waals surface area (Å²) in [5.41, 5.74) is 7.81. The number of aromatic amines is 1. The van der Waals surface area contributed by atoms with Crippen LogP contribution in [0.25, 0.3) is 22.1 Å². The van der Waals surface area contributed by atoms with Gasteiger partial charge in [0.1, 0.15) is 0 Å². The highest BCUT2D eigenvalue weighted by Gasteiger charge is 2.08. The maximum absolute atomic E-state index is 5.58. The summed E-state index contributed by atoms with van der Waals surface area (Å²) in [7, 11) is 0. The van der Waals surface area contributed by atoms with E-state index in [1.807, 2.05) is 29.6 Å². The Morgan fingerprint density at radius 3 is 2.95 bits per heavy atom. The second-order valence-electron chi connectivity index (χ2n) is 4.22. The third-order valence-corrected chi connectivity index (χ3v) is 3.73. The number of aromatic nitrogens is 3. The van der Waals surface area contributed by atoms with Crippen molar-refractivity contribution in [3.8, 4) is 22.1 Å². The zero-order chi connectivity index (χ0) is 13.1. The molecule has 3 aromatic rings. The molecule has 1 aromatic carbocycles. The normalized spacial score (nSPS) is 10.8. The molecule has 4 nitrogen and oxygen atoms in total. The lowest BCUT2D eigenvalue weighted by Crippen LogP contribution is -2.02. The number of benzene rings is 1. The van der Waals surface area contributed by atoms with Crippen molar-refractivity contribution in [3.63, 3.8) is 0 Å². The molecule has 0 saturated carbocycles. The molecule has 0 unspecified atom stereocenters. The molecule has 2 aromatic heterocycles. The summed E-state index contributed by atoms with van der Waals surface area (Å²) in [6.45, 7) is 0.651. The predicted octanol–water partition coefficient (Wildman–Crippen LogP) is 2.70. The van der Waals surface area contributed by atoms with Crippen molar-refractivity contribution in [2.24, 2.45) is 5.73 Å². The van der Waals surface area contributed by atoms with E-state index in [4.69, 9.17) is 5.73 Å². The number of hydrogen-bond donors (Lipinski definition) is 2. The van der Waals surface area contributed by atoms with E-state index in [1.54, 1.807) is 11.3 Å². The minimum Gasteiger partial charge on any atom is -0.330 e. The van der Waals surface area contributed by atoms with Gasteiger partial charge in [0.2, 0.25) is 0 Å². The SMILES string of the molecule is NCCc1cccc(-c2n[nH]c(-c3cccs3)n2)c1. The molecule has 0 saturated heterocycles. The molecule has 0 aliphatic carbocycles. The van der Waals surface area contributed by atoms with Crippen LogP contribution in [0.1, 0.15) is 5.56 Å². The fourth-order valence-electron chi connectivity index (χ4n) is 1.95. The van der Waals surface area contributed by atoms with Gasteiger partial charge in [0.05, 0.1) is 4.88 Å². The summed E-state index contributed by atoms with van der Waals surface area (Å²) in [6, 6.07) is 12.2. The lowest BCUT2D eigenvalue weighted by atomic mass is 10.1. The molecule has 0 aliphatic heterocycles. The molecule has 2 heterocycles. The fraction of sp³-hybridized carbons (Fsp3) is 0.143. The zero-order valence-electron chi connectivity index (χ0n) is 10.3. The average Bonchev–Trinajstić information content (AvgIpc) is 3.11. The van der Waals surface area contributed by atoms with Crippen LogP contribution in [-0.4, -0.2) is 21.7 Å². The van der Waals surface area contributed by atoms with E-state index >= 15 is 0 Å². The largest absolute Gasteiger partial charge is 0.330 e. The molecule has 0 radical (unpaired) electrons. The molecule has 0 spiro atoms. The van der Waals surface area contributed by atoms with Gasteiger partial charge in [-0.1, -0.05) is 24.3 Å². The number of nitrogens with two attached hydrogens (primary N) is 1. The summed E-state index contributed by atoms with van der Waals surface area (Å²) in [6.07, 6.45) is 0.871. The average molecular weight is 270 g/mol. The van der Waals surface area contributed by atoms with E-state index in [0.29, 0.717) is 6.54 Å². The van der Waals surface area contributed by atoms with Crippen LogP contribution < -0.4 is 5.73 Å². The highest BCUT2D eigenvalue weighted by Crippen LogP contribution is 2.24. The second-order valence-corrected chi connectivity index (χ2v) is 5.17. The van der Waals surface area contributed by atoms with E-state index in [-0.39, 0.29) is 0 Å². The van der Waals surface area contributed by atoms with Crippen LogP contribution in [0.2, 0.25) is 0 Å². The maximum Gasteiger partial charge on any atom is 0.181 e. The Morgan fingerprint density at radius 2 is 2.16 bits per heavy atom. The van der Waals surface area contributed by atoms with E-state index < -0.39 is 0 Å². The van der Waals surface area contributed by atoms with E-state index in [2.05, 4.69) is 27.3 Å². The number of nitrogens with one attached hydrogen (secondary N) is 1. The van der Waals surface area contributed by atoms with Crippen molar-refractivity contribution in [1.29, 1.82) is 0 Å². The number of thiophene rings is 1. The first-order chi connectivity index (χ1) is 9.36. The molecule has 3 N–H and O–H groups in total. The Bertz CT molecular complexity index is 658. The van der Waals surface area contributed by atoms with Gasteiger partial charge in [-0.25, -0.2) is 4.98 Å². The van der Waals surface area contributed by atoms with Crippen LogP contribution in [0.5, 0.6) is 0 Å². The molecule has 0 fully saturated rings. The van der Waals surface area contributed by atoms with Crippen LogP contribution in [-0.2, 0) is 6.42 Å². The molecule has 0 aliphatic rings. The summed E-state index contributed by atoms with van der Waals surface area (Å²) >= 11 is 1.65. The maximum atomic E-state index is 5.58. The first-order valence-electron chi connectivity index (χ1n) is 6.12. The Morgan fingerprint density at radius 1 is 1.21 bits per heavy atom. The van der Waals surface area contributed by atoms with Crippen LogP contribution in [0.4, 0.5) is 0 Å². The van der Waals surface area contributed by atoms with E-state index in [0.717, 1.165) is 28.5 Å². The monoisotopic (exact) mass is 270 g/mol. The number of rotatable bonds is 4. The van der Waals surface area contributed by atoms with Crippen LogP contribution in [0.15, 0.2) is 41.8 Å². The van der Waals surface area contributed by atoms with Crippen molar-refractivity contribution >= 4 is 11.3 Å². The second kappa shape index (κ2) is 5.34. The van der Waals surface area contributed by atoms with Gasteiger partial charge in [-0.2, -0.15) is 5.10 Å². The highest BCUT2D eigenvalue weighted by atomic mass is 32.1. The van der Waals surface area contributed by atoms with Crippen molar-refractivity contribution in [2.45, 2.75) is 6.42 Å². The van der Waals surface area contributed by atoms with Gasteiger partial charge in [0, 0.05) is 5.56 Å². The molecular weight excluding hydrogens is 256 g/mol. The fourth-order valence-corrected chi connectivity index (χ4v) is 2.61. The molecular formula is C14H14N4S. The standard InChI is InChI=1S/C14H14N4S/c15-7-6-10-3-1-4-11(9-10)13-16-14(18-17-13)12-5-2-8-19-12/h1-5,8-9H,6-7,15H2,(H,16,17,18). The van der Waals surface area contributed by atoms with Crippen molar-refractivity contribution in [3.05, 3.63) is 47.3 Å². The van der Waals surface area contributed by atoms with Gasteiger partial charge in [0.15, 0.2) is 11.6 Å². The minimum atomic E-state index is 0.651. The first kappa shape index (κ1) is 12.1. The molecule has 0 bridgehead atoms. The van der Waals surface area contributed by atoms with Crippen molar-refractivity contribution in [2.75, 3.05) is 6.54 Å². The molecule has 0 atom stereocenters. The highest BCUT2D eigenvalue weighted by molar-refractivity contribution is 7.13. The van der Waals surface area contributed by atoms with Gasteiger partial charge < -0.3 is 5.73 Å². The molecule has 5 heteroatoms.